The molecule has 5 N–H and O–H groups in total. The Balaban J connectivity index is 2.48. The number of hydrogen-bond donors (Lipinski definition) is 4. The fraction of sp³-hybridized carbons (Fsp3) is 0.333. The molecule has 0 fully saturated rings. The molecule has 0 amide bonds. The Hall–Kier alpha value is -1.97. The van der Waals surface area contributed by atoms with Crippen LogP contribution in [0.3, 0.4) is 0 Å². The van der Waals surface area contributed by atoms with Crippen molar-refractivity contribution < 1.29 is 8.42 Å². The fourth-order valence-corrected chi connectivity index (χ4v) is 2.92. The highest BCUT2D eigenvalue weighted by Crippen LogP contribution is 2.14. The van der Waals surface area contributed by atoms with Crippen LogP contribution in [-0.4, -0.2) is 30.5 Å². The van der Waals surface area contributed by atoms with Crippen molar-refractivity contribution in [1.82, 2.24) is 14.7 Å². The molecule has 0 aliphatic rings. The molecule has 21 heavy (non-hydrogen) atoms. The lowest BCUT2D eigenvalue weighted by Gasteiger charge is -2.19. The summed E-state index contributed by atoms with van der Waals surface area (Å²) in [5.74, 6) is 0. The lowest BCUT2D eigenvalue weighted by atomic mass is 10.1. The van der Waals surface area contributed by atoms with Gasteiger partial charge in [-0.15, -0.1) is 0 Å². The van der Waals surface area contributed by atoms with E-state index in [9.17, 15) is 18.0 Å². The van der Waals surface area contributed by atoms with Crippen molar-refractivity contribution in [3.8, 4) is 0 Å². The number of nitrogens with one attached hydrogen (secondary N) is 3. The molecule has 8 nitrogen and oxygen atoms in total. The molecular weight excluding hydrogens is 296 g/mol. The molecule has 0 aliphatic carbocycles. The van der Waals surface area contributed by atoms with Gasteiger partial charge in [0.05, 0.1) is 15.8 Å². The van der Waals surface area contributed by atoms with E-state index in [0.29, 0.717) is 0 Å². The molecule has 0 aliphatic heterocycles. The van der Waals surface area contributed by atoms with Gasteiger partial charge in [0.1, 0.15) is 0 Å². The van der Waals surface area contributed by atoms with E-state index in [4.69, 9.17) is 5.73 Å². The zero-order valence-electron chi connectivity index (χ0n) is 11.6. The summed E-state index contributed by atoms with van der Waals surface area (Å²) in [6.07, 6.45) is 0. The van der Waals surface area contributed by atoms with E-state index in [-0.39, 0.29) is 22.3 Å². The molecule has 0 radical (unpaired) electrons. The van der Waals surface area contributed by atoms with Crippen LogP contribution in [0.25, 0.3) is 10.9 Å². The fourth-order valence-electron chi connectivity index (χ4n) is 1.68. The zero-order valence-corrected chi connectivity index (χ0v) is 12.4. The van der Waals surface area contributed by atoms with Gasteiger partial charge in [0.2, 0.25) is 10.0 Å². The summed E-state index contributed by atoms with van der Waals surface area (Å²) >= 11 is 0. The van der Waals surface area contributed by atoms with Gasteiger partial charge >= 0.3 is 5.69 Å². The number of benzene rings is 1. The van der Waals surface area contributed by atoms with Crippen molar-refractivity contribution in [3.63, 3.8) is 0 Å². The minimum absolute atomic E-state index is 0.0509. The van der Waals surface area contributed by atoms with Gasteiger partial charge in [-0.25, -0.2) is 17.9 Å². The van der Waals surface area contributed by atoms with Crippen molar-refractivity contribution in [2.24, 2.45) is 5.73 Å². The number of sulfonamides is 1. The zero-order chi connectivity index (χ0) is 15.8. The van der Waals surface area contributed by atoms with Crippen LogP contribution in [0.4, 0.5) is 0 Å². The number of aromatic amines is 2. The summed E-state index contributed by atoms with van der Waals surface area (Å²) in [7, 11) is -3.79. The minimum Gasteiger partial charge on any atom is -0.324 e. The average molecular weight is 312 g/mol. The van der Waals surface area contributed by atoms with Crippen LogP contribution in [0.15, 0.2) is 32.7 Å². The first-order valence-electron chi connectivity index (χ1n) is 6.13. The molecule has 0 saturated carbocycles. The average Bonchev–Trinajstić information content (AvgIpc) is 2.35. The maximum Gasteiger partial charge on any atom is 0.326 e. The monoisotopic (exact) mass is 312 g/mol. The first kappa shape index (κ1) is 15.4. The SMILES string of the molecule is CC(C)(N)CNS(=O)(=O)c1ccc2[nH]c(=O)[nH]c(=O)c2c1. The number of aromatic nitrogens is 2. The van der Waals surface area contributed by atoms with E-state index in [1.807, 2.05) is 4.98 Å². The Labute approximate surface area is 120 Å². The standard InChI is InChI=1S/C12H16N4O4S/c1-12(2,13)6-14-21(19,20)7-3-4-9-8(5-7)10(17)16-11(18)15-9/h3-5,14H,6,13H2,1-2H3,(H2,15,16,17,18). The second kappa shape index (κ2) is 5.10. The van der Waals surface area contributed by atoms with E-state index in [2.05, 4.69) is 9.71 Å². The number of hydrogen-bond acceptors (Lipinski definition) is 5. The first-order chi connectivity index (χ1) is 9.58. The second-order valence-electron chi connectivity index (χ2n) is 5.43. The van der Waals surface area contributed by atoms with Gasteiger partial charge in [0.15, 0.2) is 0 Å². The predicted molar refractivity (Wildman–Crippen MR) is 78.6 cm³/mol. The summed E-state index contributed by atoms with van der Waals surface area (Å²) in [5.41, 5.74) is 4.00. The van der Waals surface area contributed by atoms with Crippen LogP contribution in [0.2, 0.25) is 0 Å². The normalized spacial score (nSPS) is 12.7. The first-order valence-corrected chi connectivity index (χ1v) is 7.62. The van der Waals surface area contributed by atoms with Gasteiger partial charge in [-0.05, 0) is 32.0 Å². The molecule has 1 heterocycles. The van der Waals surface area contributed by atoms with E-state index < -0.39 is 26.8 Å². The van der Waals surface area contributed by atoms with Crippen LogP contribution in [0.5, 0.6) is 0 Å². The van der Waals surface area contributed by atoms with Crippen LogP contribution in [-0.2, 0) is 10.0 Å². The topological polar surface area (TPSA) is 138 Å². The highest BCUT2D eigenvalue weighted by molar-refractivity contribution is 7.89. The third kappa shape index (κ3) is 3.57. The Morgan fingerprint density at radius 1 is 1.24 bits per heavy atom. The van der Waals surface area contributed by atoms with Gasteiger partial charge < -0.3 is 10.7 Å². The van der Waals surface area contributed by atoms with Crippen LogP contribution in [0.1, 0.15) is 13.8 Å². The summed E-state index contributed by atoms with van der Waals surface area (Å²) in [6, 6.07) is 3.88. The molecule has 1 aromatic carbocycles. The lowest BCUT2D eigenvalue weighted by molar-refractivity contribution is 0.498. The molecule has 0 unspecified atom stereocenters. The molecule has 0 spiro atoms. The van der Waals surface area contributed by atoms with E-state index in [1.54, 1.807) is 13.8 Å². The third-order valence-corrected chi connectivity index (χ3v) is 4.14. The Morgan fingerprint density at radius 2 is 1.90 bits per heavy atom. The van der Waals surface area contributed by atoms with Crippen LogP contribution >= 0.6 is 0 Å². The van der Waals surface area contributed by atoms with Gasteiger partial charge in [0.25, 0.3) is 5.56 Å². The third-order valence-electron chi connectivity index (χ3n) is 2.74. The van der Waals surface area contributed by atoms with Crippen LogP contribution in [0, 0.1) is 0 Å². The van der Waals surface area contributed by atoms with Gasteiger partial charge in [-0.1, -0.05) is 0 Å². The Bertz CT molecular complexity index is 890. The van der Waals surface area contributed by atoms with Crippen molar-refractivity contribution >= 4 is 20.9 Å². The maximum atomic E-state index is 12.1. The van der Waals surface area contributed by atoms with Gasteiger partial charge in [0, 0.05) is 12.1 Å². The Kier molecular flexibility index (Phi) is 3.74. The minimum atomic E-state index is -3.79. The molecule has 114 valence electrons. The molecule has 0 atom stereocenters. The van der Waals surface area contributed by atoms with Gasteiger partial charge in [-0.3, -0.25) is 9.78 Å². The smallest absolute Gasteiger partial charge is 0.324 e. The molecule has 2 rings (SSSR count). The summed E-state index contributed by atoms with van der Waals surface area (Å²) in [4.78, 5) is 27.2. The highest BCUT2D eigenvalue weighted by Gasteiger charge is 2.19. The van der Waals surface area contributed by atoms with Crippen LogP contribution < -0.4 is 21.7 Å². The molecule has 0 bridgehead atoms. The lowest BCUT2D eigenvalue weighted by Crippen LogP contribution is -2.45. The maximum absolute atomic E-state index is 12.1. The molecule has 2 aromatic rings. The quantitative estimate of drug-likeness (QED) is 0.587. The number of rotatable bonds is 4. The summed E-state index contributed by atoms with van der Waals surface area (Å²) in [6.45, 7) is 3.42. The largest absolute Gasteiger partial charge is 0.326 e. The van der Waals surface area contributed by atoms with Crippen molar-refractivity contribution in [3.05, 3.63) is 39.0 Å². The van der Waals surface area contributed by atoms with Crippen molar-refractivity contribution in [2.75, 3.05) is 6.54 Å². The van der Waals surface area contributed by atoms with E-state index >= 15 is 0 Å². The number of H-pyrrole nitrogens is 2. The molecule has 9 heteroatoms. The van der Waals surface area contributed by atoms with E-state index in [0.717, 1.165) is 0 Å². The number of nitrogens with two attached hydrogens (primary N) is 1. The molecule has 1 aromatic heterocycles. The molecule has 0 saturated heterocycles. The van der Waals surface area contributed by atoms with E-state index in [1.165, 1.54) is 18.2 Å². The Morgan fingerprint density at radius 3 is 2.52 bits per heavy atom. The highest BCUT2D eigenvalue weighted by atomic mass is 32.2. The molecular formula is C12H16N4O4S. The second-order valence-corrected chi connectivity index (χ2v) is 7.20. The summed E-state index contributed by atoms with van der Waals surface area (Å²) in [5, 5.41) is 0.0875. The number of fused-ring (bicyclic) bond motifs is 1. The van der Waals surface area contributed by atoms with Crippen molar-refractivity contribution in [1.29, 1.82) is 0 Å². The van der Waals surface area contributed by atoms with Crippen molar-refractivity contribution in [2.45, 2.75) is 24.3 Å². The predicted octanol–water partition coefficient (Wildman–Crippen LogP) is -0.768. The summed E-state index contributed by atoms with van der Waals surface area (Å²) < 4.78 is 26.7. The van der Waals surface area contributed by atoms with Gasteiger partial charge in [-0.2, -0.15) is 0 Å².